The third-order valence-corrected chi connectivity index (χ3v) is 10.4. The van der Waals surface area contributed by atoms with E-state index in [-0.39, 0.29) is 35.5 Å². The molecule has 46 heavy (non-hydrogen) atoms. The normalized spacial score (nSPS) is 14.3. The van der Waals surface area contributed by atoms with Crippen molar-refractivity contribution >= 4 is 39.1 Å². The van der Waals surface area contributed by atoms with Crippen molar-refractivity contribution in [1.29, 1.82) is 0 Å². The van der Waals surface area contributed by atoms with Crippen molar-refractivity contribution in [3.05, 3.63) is 131 Å². The van der Waals surface area contributed by atoms with E-state index >= 15 is 4.39 Å². The van der Waals surface area contributed by atoms with Crippen LogP contribution in [0, 0.1) is 5.82 Å². The minimum Gasteiger partial charge on any atom is -0.352 e. The zero-order valence-electron chi connectivity index (χ0n) is 25.4. The molecule has 240 valence electrons. The molecule has 1 aliphatic carbocycles. The number of anilines is 1. The summed E-state index contributed by atoms with van der Waals surface area (Å²) in [4.78, 5) is 29.9. The average Bonchev–Trinajstić information content (AvgIpc) is 3.07. The molecule has 0 unspecified atom stereocenters. The Balaban J connectivity index is 1.57. The number of halogens is 2. The second-order valence-electron chi connectivity index (χ2n) is 11.4. The first-order valence-electron chi connectivity index (χ1n) is 15.4. The van der Waals surface area contributed by atoms with Crippen LogP contribution in [-0.4, -0.2) is 43.8 Å². The van der Waals surface area contributed by atoms with E-state index in [9.17, 15) is 18.0 Å². The van der Waals surface area contributed by atoms with Gasteiger partial charge in [0.25, 0.3) is 10.0 Å². The van der Waals surface area contributed by atoms with Crippen LogP contribution in [0.15, 0.2) is 114 Å². The lowest BCUT2D eigenvalue weighted by Crippen LogP contribution is -2.55. The number of nitrogens with zero attached hydrogens (tertiary/aromatic N) is 2. The Morgan fingerprint density at radius 2 is 1.43 bits per heavy atom. The highest BCUT2D eigenvalue weighted by Gasteiger charge is 2.36. The summed E-state index contributed by atoms with van der Waals surface area (Å²) in [5.74, 6) is -1.81. The van der Waals surface area contributed by atoms with E-state index in [0.717, 1.165) is 48.0 Å². The van der Waals surface area contributed by atoms with Crippen molar-refractivity contribution in [3.8, 4) is 0 Å². The van der Waals surface area contributed by atoms with Crippen LogP contribution in [0.4, 0.5) is 10.1 Å². The molecule has 2 amide bonds. The molecule has 7 nitrogen and oxygen atoms in total. The maximum atomic E-state index is 15.3. The number of hydrogen-bond acceptors (Lipinski definition) is 4. The molecule has 0 radical (unpaired) electrons. The second-order valence-corrected chi connectivity index (χ2v) is 13.7. The molecule has 1 saturated carbocycles. The van der Waals surface area contributed by atoms with E-state index in [4.69, 9.17) is 11.6 Å². The van der Waals surface area contributed by atoms with Gasteiger partial charge in [0.05, 0.1) is 10.6 Å². The third-order valence-electron chi connectivity index (χ3n) is 8.25. The van der Waals surface area contributed by atoms with Crippen LogP contribution in [0.1, 0.15) is 43.2 Å². The minimum atomic E-state index is -4.39. The van der Waals surface area contributed by atoms with Crippen molar-refractivity contribution in [2.75, 3.05) is 10.8 Å². The number of sulfonamides is 1. The number of hydrogen-bond donors (Lipinski definition) is 1. The Kier molecular flexibility index (Phi) is 11.1. The summed E-state index contributed by atoms with van der Waals surface area (Å²) in [6.07, 6.45) is 4.99. The number of rotatable bonds is 12. The maximum absolute atomic E-state index is 15.3. The summed E-state index contributed by atoms with van der Waals surface area (Å²) in [7, 11) is -4.39. The molecule has 0 bridgehead atoms. The highest BCUT2D eigenvalue weighted by atomic mass is 35.5. The zero-order valence-corrected chi connectivity index (χ0v) is 27.0. The molecule has 1 aliphatic rings. The smallest absolute Gasteiger partial charge is 0.264 e. The van der Waals surface area contributed by atoms with Gasteiger partial charge in [-0.3, -0.25) is 13.9 Å². The number of benzene rings is 4. The molecule has 1 atom stereocenters. The Labute approximate surface area is 275 Å². The van der Waals surface area contributed by atoms with Crippen molar-refractivity contribution in [3.63, 3.8) is 0 Å². The fourth-order valence-corrected chi connectivity index (χ4v) is 7.43. The predicted octanol–water partition coefficient (Wildman–Crippen LogP) is 6.76. The van der Waals surface area contributed by atoms with Gasteiger partial charge in [-0.25, -0.2) is 12.8 Å². The fourth-order valence-electron chi connectivity index (χ4n) is 5.80. The van der Waals surface area contributed by atoms with E-state index in [0.29, 0.717) is 10.6 Å². The molecule has 0 aromatic heterocycles. The molecule has 0 aliphatic heterocycles. The summed E-state index contributed by atoms with van der Waals surface area (Å²) in [6.45, 7) is -0.810. The first kappa shape index (κ1) is 33.2. The molecule has 5 rings (SSSR count). The SMILES string of the molecule is O=C(NC1CCCCC1)[C@@H](Cc1ccccc1)N(Cc1ccccc1Cl)C(=O)CN(c1ccccc1F)S(=O)(=O)c1ccccc1. The Bertz CT molecular complexity index is 1730. The van der Waals surface area contributed by atoms with Crippen LogP contribution in [0.5, 0.6) is 0 Å². The molecule has 1 fully saturated rings. The second kappa shape index (κ2) is 15.4. The lowest BCUT2D eigenvalue weighted by atomic mass is 9.94. The van der Waals surface area contributed by atoms with Crippen LogP contribution in [-0.2, 0) is 32.6 Å². The summed E-state index contributed by atoms with van der Waals surface area (Å²) in [5.41, 5.74) is 1.14. The molecule has 1 N–H and O–H groups in total. The monoisotopic (exact) mass is 661 g/mol. The lowest BCUT2D eigenvalue weighted by Gasteiger charge is -2.35. The number of carbonyl (C=O) groups excluding carboxylic acids is 2. The van der Waals surface area contributed by atoms with E-state index in [1.807, 2.05) is 30.3 Å². The zero-order chi connectivity index (χ0) is 32.5. The van der Waals surface area contributed by atoms with Gasteiger partial charge in [0, 0.05) is 24.0 Å². The van der Waals surface area contributed by atoms with Crippen LogP contribution >= 0.6 is 11.6 Å². The summed E-state index contributed by atoms with van der Waals surface area (Å²) >= 11 is 6.55. The summed E-state index contributed by atoms with van der Waals surface area (Å²) in [5, 5.41) is 3.57. The van der Waals surface area contributed by atoms with E-state index in [1.165, 1.54) is 35.2 Å². The average molecular weight is 662 g/mol. The number of nitrogens with one attached hydrogen (secondary N) is 1. The molecule has 0 spiro atoms. The Morgan fingerprint density at radius 1 is 0.826 bits per heavy atom. The Hall–Kier alpha value is -4.21. The van der Waals surface area contributed by atoms with Crippen LogP contribution in [0.25, 0.3) is 0 Å². The van der Waals surface area contributed by atoms with Gasteiger partial charge in [0.1, 0.15) is 18.4 Å². The standard InChI is InChI=1S/C36H37ClFN3O4S/c37-31-21-11-10-16-28(31)25-40(34(24-27-14-4-1-5-15-27)36(43)39-29-17-6-2-7-18-29)35(42)26-41(33-23-13-12-22-32(33)38)46(44,45)30-19-8-3-9-20-30/h1,3-5,8-16,19-23,29,34H,2,6-7,17-18,24-26H2,(H,39,43)/t34-/m1/s1. The minimum absolute atomic E-state index is 0.0230. The summed E-state index contributed by atoms with van der Waals surface area (Å²) in [6, 6.07) is 28.3. The van der Waals surface area contributed by atoms with Crippen LogP contribution in [0.3, 0.4) is 0 Å². The molecule has 4 aromatic carbocycles. The third kappa shape index (κ3) is 8.13. The van der Waals surface area contributed by atoms with Crippen molar-refractivity contribution in [2.45, 2.75) is 62.0 Å². The van der Waals surface area contributed by atoms with E-state index in [2.05, 4.69) is 5.32 Å². The van der Waals surface area contributed by atoms with E-state index < -0.39 is 34.3 Å². The molecular formula is C36H37ClFN3O4S. The first-order valence-corrected chi connectivity index (χ1v) is 17.3. The number of amides is 2. The van der Waals surface area contributed by atoms with Crippen molar-refractivity contribution in [1.82, 2.24) is 10.2 Å². The molecule has 10 heteroatoms. The van der Waals surface area contributed by atoms with Gasteiger partial charge in [-0.2, -0.15) is 0 Å². The van der Waals surface area contributed by atoms with Gasteiger partial charge in [0.2, 0.25) is 11.8 Å². The van der Waals surface area contributed by atoms with Crippen LogP contribution < -0.4 is 9.62 Å². The Morgan fingerprint density at radius 3 is 2.11 bits per heavy atom. The first-order chi connectivity index (χ1) is 22.2. The molecule has 0 saturated heterocycles. The molecule has 0 heterocycles. The van der Waals surface area contributed by atoms with Gasteiger partial charge in [-0.1, -0.05) is 110 Å². The van der Waals surface area contributed by atoms with Gasteiger partial charge in [0.15, 0.2) is 0 Å². The molecular weight excluding hydrogens is 625 g/mol. The quantitative estimate of drug-likeness (QED) is 0.182. The predicted molar refractivity (Wildman–Crippen MR) is 178 cm³/mol. The lowest BCUT2D eigenvalue weighted by molar-refractivity contribution is -0.140. The number of carbonyl (C=O) groups is 2. The van der Waals surface area contributed by atoms with Gasteiger partial charge in [-0.15, -0.1) is 0 Å². The van der Waals surface area contributed by atoms with Gasteiger partial charge in [-0.05, 0) is 54.3 Å². The largest absolute Gasteiger partial charge is 0.352 e. The van der Waals surface area contributed by atoms with Crippen LogP contribution in [0.2, 0.25) is 5.02 Å². The summed E-state index contributed by atoms with van der Waals surface area (Å²) < 4.78 is 44.0. The van der Waals surface area contributed by atoms with Crippen molar-refractivity contribution < 1.29 is 22.4 Å². The molecule has 4 aromatic rings. The van der Waals surface area contributed by atoms with E-state index in [1.54, 1.807) is 42.5 Å². The van der Waals surface area contributed by atoms with Gasteiger partial charge < -0.3 is 10.2 Å². The fraction of sp³-hybridized carbons (Fsp3) is 0.278. The topological polar surface area (TPSA) is 86.8 Å². The highest BCUT2D eigenvalue weighted by Crippen LogP contribution is 2.28. The van der Waals surface area contributed by atoms with Gasteiger partial charge >= 0.3 is 0 Å². The maximum Gasteiger partial charge on any atom is 0.264 e. The highest BCUT2D eigenvalue weighted by molar-refractivity contribution is 7.92. The number of para-hydroxylation sites is 1. The van der Waals surface area contributed by atoms with Crippen molar-refractivity contribution in [2.24, 2.45) is 0 Å².